The minimum atomic E-state index is -0.525. The van der Waals surface area contributed by atoms with Crippen molar-refractivity contribution in [2.75, 3.05) is 32.7 Å². The van der Waals surface area contributed by atoms with E-state index in [1.54, 1.807) is 6.20 Å². The van der Waals surface area contributed by atoms with Crippen molar-refractivity contribution >= 4 is 22.9 Å². The lowest BCUT2D eigenvalue weighted by molar-refractivity contribution is 0.0527. The molecule has 2 aromatic heterocycles. The molecular weight excluding hydrogens is 530 g/mol. The number of hydrogen-bond acceptors (Lipinski definition) is 6. The summed E-state index contributed by atoms with van der Waals surface area (Å²) >= 11 is 0. The van der Waals surface area contributed by atoms with Crippen LogP contribution >= 0.6 is 0 Å². The summed E-state index contributed by atoms with van der Waals surface area (Å²) in [5.74, 6) is 1.17. The molecule has 0 atom stereocenters. The zero-order chi connectivity index (χ0) is 29.7. The highest BCUT2D eigenvalue weighted by atomic mass is 16.6. The Morgan fingerprint density at radius 1 is 0.929 bits per heavy atom. The van der Waals surface area contributed by atoms with Crippen molar-refractivity contribution in [2.45, 2.75) is 39.3 Å². The molecule has 9 heteroatoms. The number of carbonyl (C=O) groups is 2. The molecule has 5 rings (SSSR count). The van der Waals surface area contributed by atoms with E-state index in [1.807, 2.05) is 79.8 Å². The van der Waals surface area contributed by atoms with Gasteiger partial charge in [0.25, 0.3) is 5.91 Å². The lowest BCUT2D eigenvalue weighted by atomic mass is 10.2. The summed E-state index contributed by atoms with van der Waals surface area (Å²) in [4.78, 5) is 34.0. The Bertz CT molecular complexity index is 1520. The number of alkyl carbamates (subject to hydrolysis) is 1. The summed E-state index contributed by atoms with van der Waals surface area (Å²) in [5, 5.41) is 3.69. The van der Waals surface area contributed by atoms with Crippen LogP contribution in [0.4, 0.5) is 4.79 Å². The Balaban J connectivity index is 1.16. The summed E-state index contributed by atoms with van der Waals surface area (Å²) in [5.41, 5.74) is 3.38. The van der Waals surface area contributed by atoms with Gasteiger partial charge in [0.1, 0.15) is 17.0 Å². The average molecular weight is 570 g/mol. The van der Waals surface area contributed by atoms with Crippen LogP contribution in [0.1, 0.15) is 42.4 Å². The van der Waals surface area contributed by atoms with Crippen molar-refractivity contribution in [2.24, 2.45) is 7.05 Å². The first kappa shape index (κ1) is 29.1. The average Bonchev–Trinajstić information content (AvgIpc) is 3.29. The van der Waals surface area contributed by atoms with Crippen LogP contribution in [0.2, 0.25) is 0 Å². The van der Waals surface area contributed by atoms with Gasteiger partial charge in [-0.15, -0.1) is 0 Å². The molecule has 2 aromatic carbocycles. The predicted octanol–water partition coefficient (Wildman–Crippen LogP) is 5.39. The van der Waals surface area contributed by atoms with E-state index in [4.69, 9.17) is 9.47 Å². The highest BCUT2D eigenvalue weighted by Gasteiger charge is 2.25. The Morgan fingerprint density at radius 3 is 2.38 bits per heavy atom. The molecule has 1 aliphatic rings. The number of nitrogens with one attached hydrogen (secondary N) is 1. The number of benzene rings is 2. The molecule has 220 valence electrons. The standard InChI is InChI=1S/C33H39N5O4/c1-33(2,3)42-32(40)34-15-14-24-10-13-30(35-22-24)41-27-11-12-28-26(20-27)21-29(36(28)4)31(39)38-18-16-37(17-19-38)23-25-8-6-5-7-9-25/h5-13,20-22H,14-19,23H2,1-4H3,(H,34,40). The van der Waals surface area contributed by atoms with E-state index in [0.717, 1.165) is 36.1 Å². The molecule has 42 heavy (non-hydrogen) atoms. The summed E-state index contributed by atoms with van der Waals surface area (Å²) < 4.78 is 13.2. The van der Waals surface area contributed by atoms with Crippen molar-refractivity contribution in [3.05, 3.63) is 89.7 Å². The van der Waals surface area contributed by atoms with Gasteiger partial charge in [0, 0.05) is 69.5 Å². The molecule has 1 fully saturated rings. The monoisotopic (exact) mass is 569 g/mol. The van der Waals surface area contributed by atoms with Gasteiger partial charge in [0.15, 0.2) is 0 Å². The van der Waals surface area contributed by atoms with E-state index >= 15 is 0 Å². The summed E-state index contributed by atoms with van der Waals surface area (Å²) in [7, 11) is 1.93. The Kier molecular flexibility index (Phi) is 8.77. The van der Waals surface area contributed by atoms with Gasteiger partial charge < -0.3 is 24.3 Å². The number of fused-ring (bicyclic) bond motifs is 1. The predicted molar refractivity (Wildman–Crippen MR) is 163 cm³/mol. The molecule has 0 radical (unpaired) electrons. The maximum Gasteiger partial charge on any atom is 0.407 e. The van der Waals surface area contributed by atoms with Gasteiger partial charge in [-0.25, -0.2) is 9.78 Å². The molecule has 1 N–H and O–H groups in total. The molecule has 0 saturated carbocycles. The number of amides is 2. The molecule has 2 amide bonds. The normalized spacial score (nSPS) is 14.1. The second-order valence-electron chi connectivity index (χ2n) is 11.6. The molecule has 0 bridgehead atoms. The summed E-state index contributed by atoms with van der Waals surface area (Å²) in [6.45, 7) is 9.98. The molecule has 9 nitrogen and oxygen atoms in total. The van der Waals surface area contributed by atoms with Crippen LogP contribution in [0, 0.1) is 0 Å². The van der Waals surface area contributed by atoms with E-state index in [0.29, 0.717) is 43.4 Å². The molecule has 0 aliphatic carbocycles. The number of aryl methyl sites for hydroxylation is 1. The fraction of sp³-hybridized carbons (Fsp3) is 0.364. The van der Waals surface area contributed by atoms with E-state index in [9.17, 15) is 9.59 Å². The quantitative estimate of drug-likeness (QED) is 0.306. The number of pyridine rings is 1. The Hall–Kier alpha value is -4.37. The van der Waals surface area contributed by atoms with Gasteiger partial charge >= 0.3 is 6.09 Å². The molecular formula is C33H39N5O4. The van der Waals surface area contributed by atoms with Crippen LogP contribution in [-0.2, 0) is 24.8 Å². The van der Waals surface area contributed by atoms with Crippen LogP contribution < -0.4 is 10.1 Å². The van der Waals surface area contributed by atoms with Gasteiger partial charge in [-0.1, -0.05) is 36.4 Å². The van der Waals surface area contributed by atoms with E-state index in [2.05, 4.69) is 39.5 Å². The number of aromatic nitrogens is 2. The van der Waals surface area contributed by atoms with Crippen molar-refractivity contribution in [1.29, 1.82) is 0 Å². The third-order valence-corrected chi connectivity index (χ3v) is 7.24. The van der Waals surface area contributed by atoms with Crippen LogP contribution in [0.3, 0.4) is 0 Å². The number of hydrogen-bond donors (Lipinski definition) is 1. The SMILES string of the molecule is Cn1c(C(=O)N2CCN(Cc3ccccc3)CC2)cc2cc(Oc3ccc(CCNC(=O)OC(C)(C)C)cn3)ccc21. The number of piperazine rings is 1. The van der Waals surface area contributed by atoms with Crippen LogP contribution in [0.25, 0.3) is 10.9 Å². The molecule has 0 unspecified atom stereocenters. The third kappa shape index (κ3) is 7.47. The van der Waals surface area contributed by atoms with Crippen molar-refractivity contribution in [3.8, 4) is 11.6 Å². The van der Waals surface area contributed by atoms with Crippen molar-refractivity contribution in [1.82, 2.24) is 24.7 Å². The van der Waals surface area contributed by atoms with Crippen molar-refractivity contribution < 1.29 is 19.1 Å². The van der Waals surface area contributed by atoms with E-state index in [-0.39, 0.29) is 5.91 Å². The fourth-order valence-corrected chi connectivity index (χ4v) is 5.07. The van der Waals surface area contributed by atoms with Crippen LogP contribution in [0.15, 0.2) is 72.9 Å². The molecule has 4 aromatic rings. The second-order valence-corrected chi connectivity index (χ2v) is 11.6. The molecule has 0 spiro atoms. The van der Waals surface area contributed by atoms with E-state index < -0.39 is 11.7 Å². The zero-order valence-electron chi connectivity index (χ0n) is 24.8. The van der Waals surface area contributed by atoms with Gasteiger partial charge in [0.2, 0.25) is 5.88 Å². The number of nitrogens with zero attached hydrogens (tertiary/aromatic N) is 4. The Labute approximate surface area is 247 Å². The van der Waals surface area contributed by atoms with Gasteiger partial charge in [-0.2, -0.15) is 0 Å². The minimum absolute atomic E-state index is 0.0499. The first-order chi connectivity index (χ1) is 20.1. The second kappa shape index (κ2) is 12.7. The smallest absolute Gasteiger partial charge is 0.407 e. The minimum Gasteiger partial charge on any atom is -0.444 e. The lowest BCUT2D eigenvalue weighted by Crippen LogP contribution is -2.48. The molecule has 1 aliphatic heterocycles. The first-order valence-electron chi connectivity index (χ1n) is 14.4. The Morgan fingerprint density at radius 2 is 1.69 bits per heavy atom. The maximum absolute atomic E-state index is 13.5. The molecule has 3 heterocycles. The van der Waals surface area contributed by atoms with Gasteiger partial charge in [0.05, 0.1) is 0 Å². The van der Waals surface area contributed by atoms with Gasteiger partial charge in [-0.3, -0.25) is 9.69 Å². The summed E-state index contributed by atoms with van der Waals surface area (Å²) in [6.07, 6.45) is 1.93. The topological polar surface area (TPSA) is 88.9 Å². The largest absolute Gasteiger partial charge is 0.444 e. The van der Waals surface area contributed by atoms with Crippen LogP contribution in [-0.4, -0.2) is 69.7 Å². The number of carbonyl (C=O) groups excluding carboxylic acids is 2. The number of rotatable bonds is 8. The zero-order valence-corrected chi connectivity index (χ0v) is 24.8. The lowest BCUT2D eigenvalue weighted by Gasteiger charge is -2.34. The first-order valence-corrected chi connectivity index (χ1v) is 14.4. The van der Waals surface area contributed by atoms with Crippen LogP contribution in [0.5, 0.6) is 11.6 Å². The summed E-state index contributed by atoms with van der Waals surface area (Å²) in [6, 6.07) is 21.9. The highest BCUT2D eigenvalue weighted by molar-refractivity contribution is 5.99. The maximum atomic E-state index is 13.5. The fourth-order valence-electron chi connectivity index (χ4n) is 5.07. The highest BCUT2D eigenvalue weighted by Crippen LogP contribution is 2.27. The van der Waals surface area contributed by atoms with Crippen molar-refractivity contribution in [3.63, 3.8) is 0 Å². The van der Waals surface area contributed by atoms with E-state index in [1.165, 1.54) is 5.56 Å². The third-order valence-electron chi connectivity index (χ3n) is 7.24. The number of ether oxygens (including phenoxy) is 2. The molecule has 1 saturated heterocycles. The van der Waals surface area contributed by atoms with Gasteiger partial charge in [-0.05, 0) is 62.6 Å².